The third-order valence-electron chi connectivity index (χ3n) is 3.70. The molecule has 3 heteroatoms. The number of hydrogen-bond acceptors (Lipinski definition) is 2. The lowest BCUT2D eigenvalue weighted by Crippen LogP contribution is -2.00. The van der Waals surface area contributed by atoms with E-state index in [0.717, 1.165) is 33.3 Å². The van der Waals surface area contributed by atoms with Crippen molar-refractivity contribution in [2.45, 2.75) is 13.8 Å². The number of benzene rings is 2. The van der Waals surface area contributed by atoms with Gasteiger partial charge in [0.05, 0.1) is 11.1 Å². The van der Waals surface area contributed by atoms with E-state index in [1.807, 2.05) is 44.2 Å². The van der Waals surface area contributed by atoms with E-state index in [9.17, 15) is 9.90 Å². The second-order valence-electron chi connectivity index (χ2n) is 5.14. The third kappa shape index (κ3) is 2.38. The molecule has 3 aromatic rings. The molecule has 1 heterocycles. The quantitative estimate of drug-likeness (QED) is 0.763. The Bertz CT molecular complexity index is 853. The molecule has 21 heavy (non-hydrogen) atoms. The molecule has 0 saturated heterocycles. The van der Waals surface area contributed by atoms with E-state index in [2.05, 4.69) is 11.1 Å². The van der Waals surface area contributed by atoms with Gasteiger partial charge in [-0.25, -0.2) is 4.79 Å². The molecule has 1 aromatic heterocycles. The summed E-state index contributed by atoms with van der Waals surface area (Å²) in [6, 6.07) is 15.4. The number of aromatic nitrogens is 1. The number of aryl methyl sites for hydroxylation is 1. The summed E-state index contributed by atoms with van der Waals surface area (Å²) in [5.41, 5.74) is 5.01. The zero-order valence-electron chi connectivity index (χ0n) is 11.9. The maximum absolute atomic E-state index is 11.2. The predicted molar refractivity (Wildman–Crippen MR) is 83.6 cm³/mol. The predicted octanol–water partition coefficient (Wildman–Crippen LogP) is 4.22. The van der Waals surface area contributed by atoms with Crippen molar-refractivity contribution in [3.8, 4) is 11.1 Å². The Balaban J connectivity index is 2.19. The van der Waals surface area contributed by atoms with Crippen molar-refractivity contribution < 1.29 is 9.90 Å². The number of carboxylic acids is 1. The number of fused-ring (bicyclic) bond motifs is 1. The molecule has 2 aromatic carbocycles. The summed E-state index contributed by atoms with van der Waals surface area (Å²) in [5.74, 6) is -0.896. The van der Waals surface area contributed by atoms with E-state index in [1.165, 1.54) is 0 Å². The van der Waals surface area contributed by atoms with Crippen molar-refractivity contribution in [2.24, 2.45) is 0 Å². The van der Waals surface area contributed by atoms with E-state index in [-0.39, 0.29) is 0 Å². The van der Waals surface area contributed by atoms with E-state index >= 15 is 0 Å². The molecule has 3 nitrogen and oxygen atoms in total. The molecule has 0 aliphatic carbocycles. The Morgan fingerprint density at radius 3 is 2.62 bits per heavy atom. The van der Waals surface area contributed by atoms with Crippen LogP contribution in [0.15, 0.2) is 48.5 Å². The summed E-state index contributed by atoms with van der Waals surface area (Å²) >= 11 is 0. The molecular formula is C18H15NO2. The van der Waals surface area contributed by atoms with Crippen LogP contribution in [0.4, 0.5) is 0 Å². The van der Waals surface area contributed by atoms with Gasteiger partial charge in [-0.05, 0) is 54.8 Å². The lowest BCUT2D eigenvalue weighted by atomic mass is 9.95. The van der Waals surface area contributed by atoms with Crippen molar-refractivity contribution in [3.05, 3.63) is 65.4 Å². The summed E-state index contributed by atoms with van der Waals surface area (Å²) in [6.45, 7) is 3.81. The highest BCUT2D eigenvalue weighted by Gasteiger charge is 2.11. The van der Waals surface area contributed by atoms with Crippen molar-refractivity contribution in [1.82, 2.24) is 4.98 Å². The fraction of sp³-hybridized carbons (Fsp3) is 0.111. The average molecular weight is 277 g/mol. The monoisotopic (exact) mass is 277 g/mol. The largest absolute Gasteiger partial charge is 0.478 e. The molecule has 104 valence electrons. The van der Waals surface area contributed by atoms with E-state index < -0.39 is 5.97 Å². The lowest BCUT2D eigenvalue weighted by Gasteiger charge is -2.10. The number of rotatable bonds is 2. The van der Waals surface area contributed by atoms with Crippen LogP contribution in [-0.2, 0) is 0 Å². The fourth-order valence-corrected chi connectivity index (χ4v) is 2.58. The summed E-state index contributed by atoms with van der Waals surface area (Å²) < 4.78 is 0. The van der Waals surface area contributed by atoms with Crippen LogP contribution in [0.5, 0.6) is 0 Å². The average Bonchev–Trinajstić information content (AvgIpc) is 2.46. The van der Waals surface area contributed by atoms with Gasteiger partial charge in [-0.3, -0.25) is 4.98 Å². The zero-order chi connectivity index (χ0) is 15.0. The maximum Gasteiger partial charge on any atom is 0.335 e. The molecule has 0 radical (unpaired) electrons. The van der Waals surface area contributed by atoms with Gasteiger partial charge in [-0.15, -0.1) is 0 Å². The number of carbonyl (C=O) groups is 1. The normalized spacial score (nSPS) is 10.8. The summed E-state index contributed by atoms with van der Waals surface area (Å²) in [5, 5.41) is 10.3. The molecule has 0 bridgehead atoms. The Morgan fingerprint density at radius 2 is 1.86 bits per heavy atom. The second-order valence-corrected chi connectivity index (χ2v) is 5.14. The van der Waals surface area contributed by atoms with E-state index in [0.29, 0.717) is 5.56 Å². The van der Waals surface area contributed by atoms with Crippen molar-refractivity contribution in [1.29, 1.82) is 0 Å². The van der Waals surface area contributed by atoms with Crippen LogP contribution < -0.4 is 0 Å². The molecule has 0 saturated carbocycles. The lowest BCUT2D eigenvalue weighted by molar-refractivity contribution is 0.0696. The molecule has 0 atom stereocenters. The van der Waals surface area contributed by atoms with Gasteiger partial charge >= 0.3 is 5.97 Å². The van der Waals surface area contributed by atoms with Crippen LogP contribution in [0.1, 0.15) is 21.6 Å². The molecule has 0 aliphatic heterocycles. The summed E-state index contributed by atoms with van der Waals surface area (Å²) in [4.78, 5) is 15.7. The van der Waals surface area contributed by atoms with Gasteiger partial charge in [0.15, 0.2) is 0 Å². The van der Waals surface area contributed by atoms with Crippen LogP contribution in [0.2, 0.25) is 0 Å². The molecule has 3 rings (SSSR count). The first-order valence-electron chi connectivity index (χ1n) is 6.77. The first-order chi connectivity index (χ1) is 10.1. The third-order valence-corrected chi connectivity index (χ3v) is 3.70. The van der Waals surface area contributed by atoms with Gasteiger partial charge < -0.3 is 5.11 Å². The number of aromatic carboxylic acids is 1. The van der Waals surface area contributed by atoms with Crippen LogP contribution in [0.3, 0.4) is 0 Å². The molecule has 0 fully saturated rings. The number of nitrogens with zero attached hydrogens (tertiary/aromatic N) is 1. The van der Waals surface area contributed by atoms with Gasteiger partial charge in [0.1, 0.15) is 0 Å². The van der Waals surface area contributed by atoms with Crippen molar-refractivity contribution in [2.75, 3.05) is 0 Å². The van der Waals surface area contributed by atoms with Gasteiger partial charge in [-0.2, -0.15) is 0 Å². The molecule has 1 N–H and O–H groups in total. The standard InChI is InChI=1S/C18H15NO2/c1-11-6-7-14-10-13(8-9-17(14)19-11)15-4-3-5-16(12(15)2)18(20)21/h3-10H,1-2H3,(H,20,21). The van der Waals surface area contributed by atoms with Crippen molar-refractivity contribution in [3.63, 3.8) is 0 Å². The smallest absolute Gasteiger partial charge is 0.335 e. The van der Waals surface area contributed by atoms with Crippen molar-refractivity contribution >= 4 is 16.9 Å². The van der Waals surface area contributed by atoms with Crippen LogP contribution in [0, 0.1) is 13.8 Å². The topological polar surface area (TPSA) is 50.2 Å². The Hall–Kier alpha value is -2.68. The van der Waals surface area contributed by atoms with Crippen LogP contribution in [0.25, 0.3) is 22.0 Å². The minimum absolute atomic E-state index is 0.342. The number of carboxylic acid groups (broad SMARTS) is 1. The molecule has 0 unspecified atom stereocenters. The molecule has 0 spiro atoms. The SMILES string of the molecule is Cc1ccc2cc(-c3cccc(C(=O)O)c3C)ccc2n1. The van der Waals surface area contributed by atoms with Gasteiger partial charge in [0.25, 0.3) is 0 Å². The molecule has 0 aliphatic rings. The Labute approximate surface area is 122 Å². The fourth-order valence-electron chi connectivity index (χ4n) is 2.58. The highest BCUT2D eigenvalue weighted by atomic mass is 16.4. The van der Waals surface area contributed by atoms with Gasteiger partial charge in [-0.1, -0.05) is 24.3 Å². The van der Waals surface area contributed by atoms with E-state index in [1.54, 1.807) is 12.1 Å². The summed E-state index contributed by atoms with van der Waals surface area (Å²) in [7, 11) is 0. The molecular weight excluding hydrogens is 262 g/mol. The first-order valence-corrected chi connectivity index (χ1v) is 6.77. The minimum atomic E-state index is -0.896. The molecule has 0 amide bonds. The number of hydrogen-bond donors (Lipinski definition) is 1. The first kappa shape index (κ1) is 13.3. The number of pyridine rings is 1. The van der Waals surface area contributed by atoms with Crippen LogP contribution in [-0.4, -0.2) is 16.1 Å². The summed E-state index contributed by atoms with van der Waals surface area (Å²) in [6.07, 6.45) is 0. The van der Waals surface area contributed by atoms with Gasteiger partial charge in [0, 0.05) is 11.1 Å². The highest BCUT2D eigenvalue weighted by molar-refractivity contribution is 5.93. The zero-order valence-corrected chi connectivity index (χ0v) is 11.9. The Morgan fingerprint density at radius 1 is 1.05 bits per heavy atom. The van der Waals surface area contributed by atoms with Crippen LogP contribution >= 0.6 is 0 Å². The maximum atomic E-state index is 11.2. The highest BCUT2D eigenvalue weighted by Crippen LogP contribution is 2.28. The Kier molecular flexibility index (Phi) is 3.18. The second kappa shape index (κ2) is 5.02. The minimum Gasteiger partial charge on any atom is -0.478 e. The van der Waals surface area contributed by atoms with E-state index in [4.69, 9.17) is 0 Å². The van der Waals surface area contributed by atoms with Gasteiger partial charge in [0.2, 0.25) is 0 Å².